The van der Waals surface area contributed by atoms with Gasteiger partial charge in [0.05, 0.1) is 29.5 Å². The number of anilines is 2. The lowest BCUT2D eigenvalue weighted by Gasteiger charge is -2.29. The maximum Gasteiger partial charge on any atom is 0.269 e. The lowest BCUT2D eigenvalue weighted by molar-refractivity contribution is -0.384. The highest BCUT2D eigenvalue weighted by Gasteiger charge is 2.42. The van der Waals surface area contributed by atoms with E-state index in [0.717, 1.165) is 22.8 Å². The zero-order chi connectivity index (χ0) is 26.8. The molecule has 1 aliphatic heterocycles. The lowest BCUT2D eigenvalue weighted by Crippen LogP contribution is -2.30. The summed E-state index contributed by atoms with van der Waals surface area (Å²) < 4.78 is 7.42. The van der Waals surface area contributed by atoms with E-state index in [-0.39, 0.29) is 23.7 Å². The fourth-order valence-corrected chi connectivity index (χ4v) is 5.02. The van der Waals surface area contributed by atoms with Gasteiger partial charge in [-0.2, -0.15) is 0 Å². The number of thiocarbonyl (C=S) groups is 1. The molecular formula is C27H24N6O4S. The number of nitro benzene ring substituents is 1. The average molecular weight is 529 g/mol. The predicted octanol–water partition coefficient (Wildman–Crippen LogP) is 4.92. The summed E-state index contributed by atoms with van der Waals surface area (Å²) in [5.41, 5.74) is 3.73. The van der Waals surface area contributed by atoms with Gasteiger partial charge in [0.1, 0.15) is 11.8 Å². The number of methoxy groups -OCH3 is 1. The van der Waals surface area contributed by atoms with Crippen LogP contribution in [0.1, 0.15) is 30.4 Å². The monoisotopic (exact) mass is 528 g/mol. The van der Waals surface area contributed by atoms with Gasteiger partial charge in [-0.25, -0.2) is 0 Å². The number of aromatic nitrogens is 2. The summed E-state index contributed by atoms with van der Waals surface area (Å²) in [6, 6.07) is 20.8. The molecule has 2 aromatic heterocycles. The number of nitrogens with zero attached hydrogens (tertiary/aromatic N) is 4. The third-order valence-corrected chi connectivity index (χ3v) is 6.61. The molecule has 38 heavy (non-hydrogen) atoms. The number of nitro groups is 1. The summed E-state index contributed by atoms with van der Waals surface area (Å²) in [4.78, 5) is 29.2. The van der Waals surface area contributed by atoms with Crippen LogP contribution in [0.3, 0.4) is 0 Å². The van der Waals surface area contributed by atoms with Crippen molar-refractivity contribution in [3.63, 3.8) is 0 Å². The molecular weight excluding hydrogens is 504 g/mol. The summed E-state index contributed by atoms with van der Waals surface area (Å²) in [7, 11) is 1.54. The summed E-state index contributed by atoms with van der Waals surface area (Å²) in [5.74, 6) is 0.298. The summed E-state index contributed by atoms with van der Waals surface area (Å²) >= 11 is 5.83. The number of amides is 1. The zero-order valence-electron chi connectivity index (χ0n) is 20.6. The van der Waals surface area contributed by atoms with Crippen molar-refractivity contribution < 1.29 is 14.5 Å². The van der Waals surface area contributed by atoms with Crippen molar-refractivity contribution in [3.8, 4) is 11.4 Å². The zero-order valence-corrected chi connectivity index (χ0v) is 21.4. The smallest absolute Gasteiger partial charge is 0.269 e. The quantitative estimate of drug-likeness (QED) is 0.197. The summed E-state index contributed by atoms with van der Waals surface area (Å²) in [6.07, 6.45) is 3.64. The van der Waals surface area contributed by atoms with Crippen LogP contribution in [-0.2, 0) is 4.79 Å². The van der Waals surface area contributed by atoms with E-state index in [4.69, 9.17) is 17.0 Å². The van der Waals surface area contributed by atoms with Gasteiger partial charge in [0, 0.05) is 48.5 Å². The van der Waals surface area contributed by atoms with Crippen LogP contribution in [0.2, 0.25) is 0 Å². The van der Waals surface area contributed by atoms with Crippen LogP contribution in [-0.4, -0.2) is 32.6 Å². The summed E-state index contributed by atoms with van der Waals surface area (Å²) in [5, 5.41) is 17.9. The minimum absolute atomic E-state index is 0.0166. The van der Waals surface area contributed by atoms with Gasteiger partial charge in [-0.05, 0) is 66.8 Å². The SMILES string of the molecule is COc1ccc(N2C(=S)N[C@H](c3ccccn3)[C@@H]2c2cccn2-c2ccc([N+](=O)[O-])cc2)cc1NC(C)=O. The minimum atomic E-state index is -0.422. The van der Waals surface area contributed by atoms with E-state index >= 15 is 0 Å². The molecule has 1 amide bonds. The minimum Gasteiger partial charge on any atom is -0.495 e. The fraction of sp³-hybridized carbons (Fsp3) is 0.148. The molecule has 4 aromatic rings. The number of carbonyl (C=O) groups excluding carboxylic acids is 1. The molecule has 1 aliphatic rings. The first-order valence-electron chi connectivity index (χ1n) is 11.8. The Labute approximate surface area is 224 Å². The topological polar surface area (TPSA) is 115 Å². The Bertz CT molecular complexity index is 1510. The van der Waals surface area contributed by atoms with Crippen molar-refractivity contribution >= 4 is 40.3 Å². The maximum atomic E-state index is 11.9. The first-order chi connectivity index (χ1) is 18.4. The van der Waals surface area contributed by atoms with Gasteiger partial charge in [-0.3, -0.25) is 19.9 Å². The number of non-ortho nitro benzene ring substituents is 1. The molecule has 2 atom stereocenters. The van der Waals surface area contributed by atoms with Crippen LogP contribution in [0, 0.1) is 10.1 Å². The van der Waals surface area contributed by atoms with Crippen molar-refractivity contribution in [2.75, 3.05) is 17.3 Å². The van der Waals surface area contributed by atoms with Crippen LogP contribution >= 0.6 is 12.2 Å². The number of rotatable bonds is 7. The molecule has 2 aromatic carbocycles. The Morgan fingerprint density at radius 2 is 1.87 bits per heavy atom. The second kappa shape index (κ2) is 10.3. The lowest BCUT2D eigenvalue weighted by atomic mass is 10.0. The second-order valence-corrected chi connectivity index (χ2v) is 9.03. The van der Waals surface area contributed by atoms with E-state index in [1.54, 1.807) is 31.5 Å². The molecule has 192 valence electrons. The van der Waals surface area contributed by atoms with Crippen LogP contribution in [0.5, 0.6) is 5.75 Å². The normalized spacial score (nSPS) is 16.7. The van der Waals surface area contributed by atoms with Crippen LogP contribution < -0.4 is 20.3 Å². The maximum absolute atomic E-state index is 11.9. The van der Waals surface area contributed by atoms with Crippen LogP contribution in [0.25, 0.3) is 5.69 Å². The standard InChI is InChI=1S/C27H24N6O4S/c1-17(34)29-22-16-20(12-13-24(22)37-2)32-26(25(30-27(32)38)21-6-3-4-14-28-21)23-7-5-15-31(23)18-8-10-19(11-9-18)33(35)36/h3-16,25-26H,1-2H3,(H,29,34)(H,30,38)/t25-,26+/m1/s1. The van der Waals surface area contributed by atoms with Crippen molar-refractivity contribution in [1.29, 1.82) is 0 Å². The van der Waals surface area contributed by atoms with E-state index in [2.05, 4.69) is 15.6 Å². The van der Waals surface area contributed by atoms with Crippen LogP contribution in [0.4, 0.5) is 17.1 Å². The Hall–Kier alpha value is -4.77. The third kappa shape index (κ3) is 4.66. The third-order valence-electron chi connectivity index (χ3n) is 6.29. The van der Waals surface area contributed by atoms with Crippen molar-refractivity contribution in [3.05, 3.63) is 107 Å². The van der Waals surface area contributed by atoms with E-state index in [9.17, 15) is 14.9 Å². The Kier molecular flexibility index (Phi) is 6.75. The highest BCUT2D eigenvalue weighted by atomic mass is 32.1. The number of pyridine rings is 1. The number of hydrogen-bond donors (Lipinski definition) is 2. The largest absolute Gasteiger partial charge is 0.495 e. The predicted molar refractivity (Wildman–Crippen MR) is 148 cm³/mol. The van der Waals surface area contributed by atoms with Crippen LogP contribution in [0.15, 0.2) is 85.2 Å². The second-order valence-electron chi connectivity index (χ2n) is 8.64. The highest BCUT2D eigenvalue weighted by molar-refractivity contribution is 7.80. The molecule has 11 heteroatoms. The number of benzene rings is 2. The molecule has 0 bridgehead atoms. The Morgan fingerprint density at radius 3 is 2.53 bits per heavy atom. The van der Waals surface area contributed by atoms with Gasteiger partial charge in [0.15, 0.2) is 5.11 Å². The molecule has 1 saturated heterocycles. The van der Waals surface area contributed by atoms with E-state index in [0.29, 0.717) is 16.5 Å². The Balaban J connectivity index is 1.64. The van der Waals surface area contributed by atoms with Gasteiger partial charge in [-0.15, -0.1) is 0 Å². The molecule has 10 nitrogen and oxygen atoms in total. The number of hydrogen-bond acceptors (Lipinski definition) is 6. The van der Waals surface area contributed by atoms with Gasteiger partial charge >= 0.3 is 0 Å². The van der Waals surface area contributed by atoms with E-state index in [1.165, 1.54) is 19.1 Å². The van der Waals surface area contributed by atoms with Crippen molar-refractivity contribution in [2.24, 2.45) is 0 Å². The molecule has 2 N–H and O–H groups in total. The molecule has 3 heterocycles. The molecule has 0 aliphatic carbocycles. The fourth-order valence-electron chi connectivity index (χ4n) is 4.67. The molecule has 0 radical (unpaired) electrons. The Morgan fingerprint density at radius 1 is 1.11 bits per heavy atom. The summed E-state index contributed by atoms with van der Waals surface area (Å²) in [6.45, 7) is 1.44. The van der Waals surface area contributed by atoms with Crippen molar-refractivity contribution in [2.45, 2.75) is 19.0 Å². The van der Waals surface area contributed by atoms with E-state index < -0.39 is 4.92 Å². The first kappa shape index (κ1) is 24.9. The molecule has 0 saturated carbocycles. The van der Waals surface area contributed by atoms with Gasteiger partial charge < -0.3 is 24.8 Å². The highest BCUT2D eigenvalue weighted by Crippen LogP contribution is 2.43. The molecule has 0 unspecified atom stereocenters. The molecule has 1 fully saturated rings. The van der Waals surface area contributed by atoms with E-state index in [1.807, 2.05) is 58.1 Å². The molecule has 0 spiro atoms. The molecule has 5 rings (SSSR count). The number of carbonyl (C=O) groups is 1. The number of ether oxygens (including phenoxy) is 1. The van der Waals surface area contributed by atoms with Gasteiger partial charge in [0.2, 0.25) is 5.91 Å². The van der Waals surface area contributed by atoms with Gasteiger partial charge in [0.25, 0.3) is 5.69 Å². The van der Waals surface area contributed by atoms with Crippen molar-refractivity contribution in [1.82, 2.24) is 14.9 Å². The average Bonchev–Trinajstić information content (AvgIpc) is 3.53. The van der Waals surface area contributed by atoms with Gasteiger partial charge in [-0.1, -0.05) is 6.07 Å². The number of nitrogens with one attached hydrogen (secondary N) is 2. The first-order valence-corrected chi connectivity index (χ1v) is 12.2.